The minimum Gasteiger partial charge on any atom is -0.477 e. The van der Waals surface area contributed by atoms with Crippen LogP contribution in [0.2, 0.25) is 0 Å². The molecule has 0 fully saturated rings. The summed E-state index contributed by atoms with van der Waals surface area (Å²) in [6, 6.07) is 0. The second-order valence-corrected chi connectivity index (χ2v) is 29.1. The number of carbonyl (C=O) groups is 3. The first-order chi connectivity index (χ1) is 44.6. The number of aliphatic carboxylic acids is 1. The predicted octanol–water partition coefficient (Wildman–Crippen LogP) is 25.7. The van der Waals surface area contributed by atoms with Crippen molar-refractivity contribution >= 4 is 17.9 Å². The number of carboxylic acid groups (broad SMARTS) is 1. The number of quaternary nitrogens is 1. The third-order valence-corrected chi connectivity index (χ3v) is 18.7. The second-order valence-electron chi connectivity index (χ2n) is 29.1. The summed E-state index contributed by atoms with van der Waals surface area (Å²) in [7, 11) is 6.00. The second kappa shape index (κ2) is 73.6. The standard InChI is InChI=1S/C82H157NO8/c1-6-8-10-12-14-16-18-20-22-24-26-28-30-32-34-36-38-40-42-44-46-48-50-52-54-56-58-60-62-64-66-68-70-72-79(84)89-76-78(77-90-82(81(86)87)88-75-74-83(3,4)5)91-80(85)73-71-69-67-65-63-61-59-57-55-53-51-49-47-45-43-41-39-37-35-33-31-29-27-25-23-21-19-17-15-13-11-9-7-2/h24-27,78,82H,6-23,28-77H2,1-5H3/p+1/b26-24-,27-25-. The van der Waals surface area contributed by atoms with E-state index in [-0.39, 0.29) is 38.2 Å². The van der Waals surface area contributed by atoms with Crippen molar-refractivity contribution < 1.29 is 42.9 Å². The highest BCUT2D eigenvalue weighted by Gasteiger charge is 2.25. The Morgan fingerprint density at radius 2 is 0.560 bits per heavy atom. The normalized spacial score (nSPS) is 12.7. The van der Waals surface area contributed by atoms with Crippen LogP contribution < -0.4 is 0 Å². The zero-order chi connectivity index (χ0) is 66.1. The van der Waals surface area contributed by atoms with E-state index in [1.807, 2.05) is 21.1 Å². The summed E-state index contributed by atoms with van der Waals surface area (Å²) >= 11 is 0. The van der Waals surface area contributed by atoms with Gasteiger partial charge >= 0.3 is 17.9 Å². The van der Waals surface area contributed by atoms with Gasteiger partial charge in [0.2, 0.25) is 0 Å². The van der Waals surface area contributed by atoms with Crippen LogP contribution in [0.1, 0.15) is 425 Å². The number of rotatable bonds is 77. The number of hydrogen-bond acceptors (Lipinski definition) is 7. The van der Waals surface area contributed by atoms with Crippen LogP contribution in [0.25, 0.3) is 0 Å². The molecule has 0 aromatic heterocycles. The lowest BCUT2D eigenvalue weighted by Crippen LogP contribution is -2.40. The van der Waals surface area contributed by atoms with E-state index in [9.17, 15) is 19.5 Å². The van der Waals surface area contributed by atoms with Gasteiger partial charge in [-0.3, -0.25) is 9.59 Å². The van der Waals surface area contributed by atoms with Crippen molar-refractivity contribution in [3.05, 3.63) is 24.3 Å². The molecule has 0 spiro atoms. The fourth-order valence-electron chi connectivity index (χ4n) is 12.5. The van der Waals surface area contributed by atoms with Crippen LogP contribution in [-0.2, 0) is 33.3 Å². The van der Waals surface area contributed by atoms with Gasteiger partial charge in [-0.05, 0) is 64.2 Å². The predicted molar refractivity (Wildman–Crippen MR) is 392 cm³/mol. The molecule has 1 N–H and O–H groups in total. The lowest BCUT2D eigenvalue weighted by Gasteiger charge is -2.25. The molecule has 0 heterocycles. The van der Waals surface area contributed by atoms with Gasteiger partial charge in [-0.15, -0.1) is 0 Å². The molecule has 538 valence electrons. The molecule has 2 atom stereocenters. The van der Waals surface area contributed by atoms with Crippen molar-refractivity contribution in [1.82, 2.24) is 0 Å². The molecular formula is C82H158NO8+. The molecule has 0 saturated carbocycles. The van der Waals surface area contributed by atoms with Crippen molar-refractivity contribution in [3.63, 3.8) is 0 Å². The Hall–Kier alpha value is -2.23. The zero-order valence-electron chi connectivity index (χ0n) is 61.8. The highest BCUT2D eigenvalue weighted by atomic mass is 16.7. The molecule has 0 aliphatic carbocycles. The van der Waals surface area contributed by atoms with Gasteiger partial charge in [0.1, 0.15) is 13.2 Å². The average molecular weight is 1290 g/mol. The first kappa shape index (κ1) is 88.8. The summed E-state index contributed by atoms with van der Waals surface area (Å²) in [6.45, 7) is 4.96. The first-order valence-corrected chi connectivity index (χ1v) is 40.5. The summed E-state index contributed by atoms with van der Waals surface area (Å²) < 4.78 is 23.1. The maximum atomic E-state index is 13.0. The minimum atomic E-state index is -1.51. The van der Waals surface area contributed by atoms with E-state index in [4.69, 9.17) is 18.9 Å². The van der Waals surface area contributed by atoms with E-state index < -0.39 is 18.4 Å². The van der Waals surface area contributed by atoms with Gasteiger partial charge in [-0.2, -0.15) is 0 Å². The third kappa shape index (κ3) is 75.0. The number of nitrogens with zero attached hydrogens (tertiary/aromatic N) is 1. The highest BCUT2D eigenvalue weighted by Crippen LogP contribution is 2.20. The molecule has 0 bridgehead atoms. The van der Waals surface area contributed by atoms with Crippen LogP contribution in [0.15, 0.2) is 24.3 Å². The van der Waals surface area contributed by atoms with Gasteiger partial charge < -0.3 is 28.5 Å². The molecule has 91 heavy (non-hydrogen) atoms. The van der Waals surface area contributed by atoms with Gasteiger partial charge in [0, 0.05) is 12.8 Å². The van der Waals surface area contributed by atoms with E-state index in [1.54, 1.807) is 0 Å². The average Bonchev–Trinajstić information content (AvgIpc) is 3.63. The van der Waals surface area contributed by atoms with Crippen LogP contribution >= 0.6 is 0 Å². The third-order valence-electron chi connectivity index (χ3n) is 18.7. The van der Waals surface area contributed by atoms with Crippen LogP contribution in [-0.4, -0.2) is 87.4 Å². The number of allylic oxidation sites excluding steroid dienone is 4. The highest BCUT2D eigenvalue weighted by molar-refractivity contribution is 5.71. The molecule has 0 rings (SSSR count). The number of carboxylic acids is 1. The SMILES string of the molecule is CCCCCCCCCC/C=C\CCCCCCCCCCCCCCCCCCCCCCCC(=O)OCC(COC(OCC[N+](C)(C)C)C(=O)O)OC(=O)CCCCCCCCCCCCCCCCCCCCCCC/C=C\CCCCCCCCCC. The number of likely N-dealkylation sites (N-methyl/N-ethyl adjacent to an activating group) is 1. The van der Waals surface area contributed by atoms with Crippen molar-refractivity contribution in [2.75, 3.05) is 47.5 Å². The van der Waals surface area contributed by atoms with Gasteiger partial charge in [-0.25, -0.2) is 4.79 Å². The first-order valence-electron chi connectivity index (χ1n) is 40.5. The number of ether oxygens (including phenoxy) is 4. The number of unbranched alkanes of at least 4 members (excludes halogenated alkanes) is 58. The lowest BCUT2D eigenvalue weighted by atomic mass is 10.0. The molecule has 0 aromatic carbocycles. The molecule has 2 unspecified atom stereocenters. The van der Waals surface area contributed by atoms with E-state index >= 15 is 0 Å². The van der Waals surface area contributed by atoms with E-state index in [2.05, 4.69) is 38.2 Å². The van der Waals surface area contributed by atoms with E-state index in [1.165, 1.54) is 360 Å². The quantitative estimate of drug-likeness (QED) is 0.0211. The van der Waals surface area contributed by atoms with Gasteiger partial charge in [0.15, 0.2) is 6.10 Å². The Labute approximate surface area is 567 Å². The summed E-state index contributed by atoms with van der Waals surface area (Å²) in [5.41, 5.74) is 0. The molecule has 9 heteroatoms. The Morgan fingerprint density at radius 3 is 0.813 bits per heavy atom. The van der Waals surface area contributed by atoms with E-state index in [0.29, 0.717) is 17.4 Å². The fourth-order valence-corrected chi connectivity index (χ4v) is 12.5. The molecule has 0 radical (unpaired) electrons. The van der Waals surface area contributed by atoms with Crippen molar-refractivity contribution in [2.45, 2.75) is 437 Å². The van der Waals surface area contributed by atoms with Gasteiger partial charge in [0.05, 0.1) is 34.4 Å². The Morgan fingerprint density at radius 1 is 0.319 bits per heavy atom. The Bertz CT molecular complexity index is 1540. The van der Waals surface area contributed by atoms with Crippen molar-refractivity contribution in [3.8, 4) is 0 Å². The monoisotopic (exact) mass is 1290 g/mol. The lowest BCUT2D eigenvalue weighted by molar-refractivity contribution is -0.870. The Kier molecular flexibility index (Phi) is 71.8. The van der Waals surface area contributed by atoms with Crippen LogP contribution in [0, 0.1) is 0 Å². The summed E-state index contributed by atoms with van der Waals surface area (Å²) in [6.07, 6.45) is 90.6. The molecule has 0 saturated heterocycles. The Balaban J connectivity index is 3.96. The molecule has 0 aliphatic rings. The van der Waals surface area contributed by atoms with Gasteiger partial charge in [-0.1, -0.05) is 372 Å². The van der Waals surface area contributed by atoms with E-state index in [0.717, 1.165) is 38.5 Å². The van der Waals surface area contributed by atoms with Crippen molar-refractivity contribution in [2.24, 2.45) is 0 Å². The van der Waals surface area contributed by atoms with Crippen molar-refractivity contribution in [1.29, 1.82) is 0 Å². The summed E-state index contributed by atoms with van der Waals surface area (Å²) in [4.78, 5) is 37.7. The maximum absolute atomic E-state index is 13.0. The molecule has 0 aliphatic heterocycles. The van der Waals surface area contributed by atoms with Crippen LogP contribution in [0.5, 0.6) is 0 Å². The molecule has 9 nitrogen and oxygen atoms in total. The van der Waals surface area contributed by atoms with Crippen LogP contribution in [0.3, 0.4) is 0 Å². The summed E-state index contributed by atoms with van der Waals surface area (Å²) in [5.74, 6) is -1.97. The summed E-state index contributed by atoms with van der Waals surface area (Å²) in [5, 5.41) is 9.77. The van der Waals surface area contributed by atoms with Crippen LogP contribution in [0.4, 0.5) is 0 Å². The fraction of sp³-hybridized carbons (Fsp3) is 0.915. The number of hydrogen-bond donors (Lipinski definition) is 1. The molecular weight excluding hydrogens is 1130 g/mol. The number of esters is 2. The minimum absolute atomic E-state index is 0.174. The smallest absolute Gasteiger partial charge is 0.361 e. The topological polar surface area (TPSA) is 108 Å². The maximum Gasteiger partial charge on any atom is 0.361 e. The zero-order valence-corrected chi connectivity index (χ0v) is 61.8. The van der Waals surface area contributed by atoms with Gasteiger partial charge in [0.25, 0.3) is 6.29 Å². The number of carbonyl (C=O) groups excluding carboxylic acids is 2. The molecule has 0 aromatic rings. The largest absolute Gasteiger partial charge is 0.477 e. The molecule has 0 amide bonds.